The molecule has 0 spiro atoms. The van der Waals surface area contributed by atoms with Crippen molar-refractivity contribution in [1.82, 2.24) is 10.7 Å². The third-order valence-corrected chi connectivity index (χ3v) is 6.34. The first-order chi connectivity index (χ1) is 16.7. The predicted molar refractivity (Wildman–Crippen MR) is 141 cm³/mol. The van der Waals surface area contributed by atoms with Crippen molar-refractivity contribution in [3.8, 4) is 0 Å². The lowest BCUT2D eigenvalue weighted by Gasteiger charge is -2.19. The molecule has 4 rings (SSSR count). The molecular weight excluding hydrogens is 460 g/mol. The molecule has 1 aliphatic rings. The largest absolute Gasteiger partial charge is 0.352 e. The number of fused-ring (bicyclic) bond motifs is 1. The van der Waals surface area contributed by atoms with Gasteiger partial charge in [-0.1, -0.05) is 74.8 Å². The average Bonchev–Trinajstić information content (AvgIpc) is 3.26. The van der Waals surface area contributed by atoms with E-state index >= 15 is 0 Å². The summed E-state index contributed by atoms with van der Waals surface area (Å²) >= 11 is 6.36. The highest BCUT2D eigenvalue weighted by Crippen LogP contribution is 2.32. The van der Waals surface area contributed by atoms with Crippen molar-refractivity contribution in [2.75, 3.05) is 16.9 Å². The van der Waals surface area contributed by atoms with Crippen LogP contribution in [-0.4, -0.2) is 18.4 Å². The van der Waals surface area contributed by atoms with Crippen molar-refractivity contribution >= 4 is 34.8 Å². The molecule has 182 valence electrons. The molecule has 7 heteroatoms. The smallest absolute Gasteiger partial charge is 0.257 e. The van der Waals surface area contributed by atoms with E-state index in [0.29, 0.717) is 23.7 Å². The van der Waals surface area contributed by atoms with Crippen LogP contribution in [0.5, 0.6) is 0 Å². The van der Waals surface area contributed by atoms with Crippen LogP contribution in [0.2, 0.25) is 5.02 Å². The molecule has 0 radical (unpaired) electrons. The number of nitrogens with one attached hydrogen (secondary N) is 3. The number of hydrogen-bond donors (Lipinski definition) is 3. The Morgan fingerprint density at radius 1 is 1.00 bits per heavy atom. The monoisotopic (exact) mass is 490 g/mol. The maximum Gasteiger partial charge on any atom is 0.257 e. The van der Waals surface area contributed by atoms with Gasteiger partial charge < -0.3 is 15.6 Å². The zero-order chi connectivity index (χ0) is 25.0. The van der Waals surface area contributed by atoms with Crippen LogP contribution >= 0.6 is 11.6 Å². The molecule has 0 atom stereocenters. The minimum Gasteiger partial charge on any atom is -0.352 e. The summed E-state index contributed by atoms with van der Waals surface area (Å²) in [5, 5.41) is 8.43. The van der Waals surface area contributed by atoms with Crippen molar-refractivity contribution in [3.05, 3.63) is 94.0 Å². The van der Waals surface area contributed by atoms with Gasteiger partial charge in [-0.3, -0.25) is 9.59 Å². The summed E-state index contributed by atoms with van der Waals surface area (Å²) in [4.78, 5) is 25.4. The summed E-state index contributed by atoms with van der Waals surface area (Å²) in [6, 6.07) is 21.5. The van der Waals surface area contributed by atoms with E-state index in [1.54, 1.807) is 12.1 Å². The van der Waals surface area contributed by atoms with Crippen molar-refractivity contribution in [1.29, 1.82) is 0 Å². The molecule has 0 saturated carbocycles. The van der Waals surface area contributed by atoms with Crippen LogP contribution in [0.15, 0.2) is 66.7 Å². The lowest BCUT2D eigenvalue weighted by atomic mass is 9.95. The Balaban J connectivity index is 1.45. The van der Waals surface area contributed by atoms with E-state index in [0.717, 1.165) is 35.5 Å². The van der Waals surface area contributed by atoms with Gasteiger partial charge in [0.1, 0.15) is 0 Å². The van der Waals surface area contributed by atoms with Gasteiger partial charge in [0.25, 0.3) is 5.91 Å². The minimum atomic E-state index is -0.483. The number of carbonyl (C=O) groups excluding carboxylic acids is 2. The fourth-order valence-electron chi connectivity index (χ4n) is 3.97. The third kappa shape index (κ3) is 6.02. The molecule has 0 unspecified atom stereocenters. The Morgan fingerprint density at radius 3 is 2.51 bits per heavy atom. The second-order valence-corrected chi connectivity index (χ2v) is 10.1. The molecule has 2 amide bonds. The SMILES string of the molecule is CC(C)(C)C(=O)NCc1ccc(Cl)c(C(=O)Nc2cccc3c2CNN3CCc2ccccc2)c1. The van der Waals surface area contributed by atoms with E-state index in [-0.39, 0.29) is 11.8 Å². The molecule has 1 aliphatic heterocycles. The van der Waals surface area contributed by atoms with Crippen LogP contribution in [-0.2, 0) is 24.3 Å². The van der Waals surface area contributed by atoms with E-state index in [9.17, 15) is 9.59 Å². The number of nitrogens with zero attached hydrogens (tertiary/aromatic N) is 1. The Morgan fingerprint density at radius 2 is 1.77 bits per heavy atom. The van der Waals surface area contributed by atoms with Crippen LogP contribution in [0.25, 0.3) is 0 Å². The van der Waals surface area contributed by atoms with Crippen molar-refractivity contribution in [2.24, 2.45) is 5.41 Å². The minimum absolute atomic E-state index is 0.0531. The number of anilines is 2. The van der Waals surface area contributed by atoms with E-state index in [4.69, 9.17) is 11.6 Å². The topological polar surface area (TPSA) is 73.5 Å². The molecule has 3 aromatic rings. The molecule has 35 heavy (non-hydrogen) atoms. The summed E-state index contributed by atoms with van der Waals surface area (Å²) < 4.78 is 0. The first-order valence-corrected chi connectivity index (χ1v) is 12.1. The third-order valence-electron chi connectivity index (χ3n) is 6.01. The van der Waals surface area contributed by atoms with Gasteiger partial charge in [0, 0.05) is 36.3 Å². The van der Waals surface area contributed by atoms with Crippen molar-refractivity contribution in [2.45, 2.75) is 40.3 Å². The Hall–Kier alpha value is -3.35. The fourth-order valence-corrected chi connectivity index (χ4v) is 4.17. The van der Waals surface area contributed by atoms with E-state index in [1.807, 2.05) is 57.2 Å². The summed E-state index contributed by atoms with van der Waals surface area (Å²) in [7, 11) is 0. The maximum atomic E-state index is 13.2. The summed E-state index contributed by atoms with van der Waals surface area (Å²) in [6.07, 6.45) is 0.915. The Kier molecular flexibility index (Phi) is 7.43. The van der Waals surface area contributed by atoms with Crippen LogP contribution in [0, 0.1) is 5.41 Å². The second-order valence-electron chi connectivity index (χ2n) is 9.73. The zero-order valence-electron chi connectivity index (χ0n) is 20.3. The molecule has 0 aliphatic carbocycles. The highest BCUT2D eigenvalue weighted by molar-refractivity contribution is 6.34. The maximum absolute atomic E-state index is 13.2. The van der Waals surface area contributed by atoms with E-state index in [1.165, 1.54) is 5.56 Å². The number of rotatable bonds is 7. The first-order valence-electron chi connectivity index (χ1n) is 11.8. The fraction of sp³-hybridized carbons (Fsp3) is 0.286. The van der Waals surface area contributed by atoms with E-state index in [2.05, 4.69) is 39.3 Å². The first kappa shape index (κ1) is 24.8. The molecule has 6 nitrogen and oxygen atoms in total. The van der Waals surface area contributed by atoms with Gasteiger partial charge in [0.15, 0.2) is 0 Å². The summed E-state index contributed by atoms with van der Waals surface area (Å²) in [6.45, 7) is 7.36. The normalized spacial score (nSPS) is 12.9. The highest BCUT2D eigenvalue weighted by Gasteiger charge is 2.23. The molecular formula is C28H31ClN4O2. The van der Waals surface area contributed by atoms with Gasteiger partial charge in [0.05, 0.1) is 16.3 Å². The van der Waals surface area contributed by atoms with Crippen molar-refractivity contribution < 1.29 is 9.59 Å². The predicted octanol–water partition coefficient (Wildman–Crippen LogP) is 5.32. The number of benzene rings is 3. The number of halogens is 1. The number of amides is 2. The van der Waals surface area contributed by atoms with Gasteiger partial charge in [0.2, 0.25) is 5.91 Å². The molecule has 0 saturated heterocycles. The zero-order valence-corrected chi connectivity index (χ0v) is 21.1. The lowest BCUT2D eigenvalue weighted by Crippen LogP contribution is -2.34. The molecule has 0 bridgehead atoms. The van der Waals surface area contributed by atoms with Gasteiger partial charge >= 0.3 is 0 Å². The molecule has 3 aromatic carbocycles. The van der Waals surface area contributed by atoms with Gasteiger partial charge in [-0.25, -0.2) is 5.43 Å². The standard InChI is InChI=1S/C28H31ClN4O2/c1-28(2,3)27(35)30-17-20-12-13-23(29)21(16-20)26(34)32-24-10-7-11-25-22(24)18-31-33(25)15-14-19-8-5-4-6-9-19/h4-13,16,31H,14-15,17-18H2,1-3H3,(H,30,35)(H,32,34). The van der Waals surface area contributed by atoms with Gasteiger partial charge in [-0.2, -0.15) is 0 Å². The molecule has 0 fully saturated rings. The lowest BCUT2D eigenvalue weighted by molar-refractivity contribution is -0.128. The van der Waals surface area contributed by atoms with Crippen LogP contribution in [0.3, 0.4) is 0 Å². The number of carbonyl (C=O) groups is 2. The van der Waals surface area contributed by atoms with Gasteiger partial charge in [-0.15, -0.1) is 0 Å². The second kappa shape index (κ2) is 10.5. The Labute approximate surface area is 211 Å². The molecule has 0 aromatic heterocycles. The number of hydrogen-bond acceptors (Lipinski definition) is 4. The van der Waals surface area contributed by atoms with Crippen LogP contribution < -0.4 is 21.1 Å². The molecule has 3 N–H and O–H groups in total. The average molecular weight is 491 g/mol. The highest BCUT2D eigenvalue weighted by atomic mass is 35.5. The van der Waals surface area contributed by atoms with Crippen LogP contribution in [0.1, 0.15) is 47.8 Å². The van der Waals surface area contributed by atoms with E-state index < -0.39 is 5.41 Å². The Bertz CT molecular complexity index is 1220. The van der Waals surface area contributed by atoms with Gasteiger partial charge in [-0.05, 0) is 41.8 Å². The number of hydrazine groups is 1. The van der Waals surface area contributed by atoms with Crippen LogP contribution in [0.4, 0.5) is 11.4 Å². The summed E-state index contributed by atoms with van der Waals surface area (Å²) in [5.41, 5.74) is 8.25. The molecule has 1 heterocycles. The quantitative estimate of drug-likeness (QED) is 0.419. The van der Waals surface area contributed by atoms with Crippen molar-refractivity contribution in [3.63, 3.8) is 0 Å². The summed E-state index contributed by atoms with van der Waals surface area (Å²) in [5.74, 6) is -0.335.